The summed E-state index contributed by atoms with van der Waals surface area (Å²) in [6.07, 6.45) is 0.951. The fraction of sp³-hybridized carbons (Fsp3) is 0.167. The number of carbonyl (C=O) groups excluding carboxylic acids is 1. The summed E-state index contributed by atoms with van der Waals surface area (Å²) in [5, 5.41) is 3.89. The first kappa shape index (κ1) is 17.3. The first-order valence-electron chi connectivity index (χ1n) is 7.61. The average molecular weight is 405 g/mol. The third kappa shape index (κ3) is 4.11. The van der Waals surface area contributed by atoms with E-state index in [9.17, 15) is 9.18 Å². The van der Waals surface area contributed by atoms with Gasteiger partial charge in [0.1, 0.15) is 5.82 Å². The van der Waals surface area contributed by atoms with Gasteiger partial charge in [0.25, 0.3) is 5.89 Å². The average Bonchev–Trinajstić information content (AvgIpc) is 3.09. The molecule has 3 rings (SSSR count). The zero-order chi connectivity index (χ0) is 17.8. The lowest BCUT2D eigenvalue weighted by Gasteiger charge is -2.04. The number of esters is 1. The van der Waals surface area contributed by atoms with E-state index >= 15 is 0 Å². The van der Waals surface area contributed by atoms with Crippen LogP contribution in [-0.4, -0.2) is 16.1 Å². The molecule has 0 fully saturated rings. The van der Waals surface area contributed by atoms with E-state index in [0.717, 1.165) is 12.0 Å². The van der Waals surface area contributed by atoms with Crippen LogP contribution in [0.1, 0.15) is 28.7 Å². The van der Waals surface area contributed by atoms with E-state index in [1.165, 1.54) is 23.8 Å². The Morgan fingerprint density at radius 2 is 2.00 bits per heavy atom. The smallest absolute Gasteiger partial charge is 0.339 e. The van der Waals surface area contributed by atoms with Crippen molar-refractivity contribution >= 4 is 21.9 Å². The van der Waals surface area contributed by atoms with E-state index in [-0.39, 0.29) is 18.1 Å². The van der Waals surface area contributed by atoms with Crippen LogP contribution in [0.5, 0.6) is 0 Å². The Hall–Kier alpha value is -2.54. The molecule has 0 aliphatic carbocycles. The van der Waals surface area contributed by atoms with E-state index in [1.807, 2.05) is 24.3 Å². The van der Waals surface area contributed by atoms with Crippen molar-refractivity contribution in [2.24, 2.45) is 0 Å². The van der Waals surface area contributed by atoms with Crippen LogP contribution in [0.4, 0.5) is 4.39 Å². The third-order valence-corrected chi connectivity index (χ3v) is 4.22. The number of nitrogens with zero attached hydrogens (tertiary/aromatic N) is 2. The number of aromatic nitrogens is 2. The molecule has 0 N–H and O–H groups in total. The monoisotopic (exact) mass is 404 g/mol. The van der Waals surface area contributed by atoms with Crippen molar-refractivity contribution in [3.63, 3.8) is 0 Å². The molecule has 1 aromatic heterocycles. The molecule has 128 valence electrons. The highest BCUT2D eigenvalue weighted by Gasteiger charge is 2.15. The lowest BCUT2D eigenvalue weighted by Crippen LogP contribution is -2.06. The molecule has 0 aliphatic heterocycles. The van der Waals surface area contributed by atoms with Gasteiger partial charge in [0.05, 0.1) is 5.56 Å². The largest absolute Gasteiger partial charge is 0.452 e. The number of hydrogen-bond acceptors (Lipinski definition) is 5. The van der Waals surface area contributed by atoms with Crippen LogP contribution in [0.2, 0.25) is 0 Å². The van der Waals surface area contributed by atoms with Crippen LogP contribution in [0.15, 0.2) is 51.5 Å². The van der Waals surface area contributed by atoms with Crippen molar-refractivity contribution in [2.45, 2.75) is 20.0 Å². The standard InChI is InChI=1S/C18H14BrFN2O3/c1-2-11-3-5-12(6-4-11)17-21-16(25-22-17)10-24-18(23)14-8-7-13(20)9-15(14)19/h3-9H,2,10H2,1H3. The summed E-state index contributed by atoms with van der Waals surface area (Å²) in [5.74, 6) is -0.448. The predicted octanol–water partition coefficient (Wildman–Crippen LogP) is 4.56. The van der Waals surface area contributed by atoms with Crippen LogP contribution < -0.4 is 0 Å². The van der Waals surface area contributed by atoms with Crippen molar-refractivity contribution < 1.29 is 18.4 Å². The van der Waals surface area contributed by atoms with Crippen LogP contribution in [-0.2, 0) is 17.8 Å². The molecule has 3 aromatic rings. The molecule has 0 spiro atoms. The highest BCUT2D eigenvalue weighted by Crippen LogP contribution is 2.20. The fourth-order valence-electron chi connectivity index (χ4n) is 2.18. The summed E-state index contributed by atoms with van der Waals surface area (Å²) in [6.45, 7) is 1.91. The Kier molecular flexibility index (Phi) is 5.23. The first-order valence-corrected chi connectivity index (χ1v) is 8.40. The van der Waals surface area contributed by atoms with Gasteiger partial charge in [-0.15, -0.1) is 0 Å². The van der Waals surface area contributed by atoms with E-state index in [4.69, 9.17) is 9.26 Å². The SMILES string of the molecule is CCc1ccc(-c2noc(COC(=O)c3ccc(F)cc3Br)n2)cc1. The summed E-state index contributed by atoms with van der Waals surface area (Å²) < 4.78 is 23.6. The molecule has 2 aromatic carbocycles. The topological polar surface area (TPSA) is 65.2 Å². The van der Waals surface area contributed by atoms with Gasteiger partial charge >= 0.3 is 5.97 Å². The van der Waals surface area contributed by atoms with Gasteiger partial charge in [0.2, 0.25) is 5.82 Å². The lowest BCUT2D eigenvalue weighted by molar-refractivity contribution is 0.0428. The van der Waals surface area contributed by atoms with Gasteiger partial charge in [0.15, 0.2) is 6.61 Å². The van der Waals surface area contributed by atoms with Crippen molar-refractivity contribution in [3.05, 3.63) is 69.8 Å². The maximum Gasteiger partial charge on any atom is 0.339 e. The number of carbonyl (C=O) groups is 1. The van der Waals surface area contributed by atoms with Gasteiger partial charge < -0.3 is 9.26 Å². The van der Waals surface area contributed by atoms with Crippen molar-refractivity contribution in [3.8, 4) is 11.4 Å². The Morgan fingerprint density at radius 1 is 1.24 bits per heavy atom. The van der Waals surface area contributed by atoms with E-state index < -0.39 is 11.8 Å². The van der Waals surface area contributed by atoms with Crippen LogP contribution in [0.25, 0.3) is 11.4 Å². The van der Waals surface area contributed by atoms with Crippen LogP contribution in [0, 0.1) is 5.82 Å². The summed E-state index contributed by atoms with van der Waals surface area (Å²) in [4.78, 5) is 16.2. The van der Waals surface area contributed by atoms with E-state index in [0.29, 0.717) is 10.3 Å². The summed E-state index contributed by atoms with van der Waals surface area (Å²) >= 11 is 3.13. The number of benzene rings is 2. The van der Waals surface area contributed by atoms with Crippen molar-refractivity contribution in [2.75, 3.05) is 0 Å². The lowest BCUT2D eigenvalue weighted by atomic mass is 10.1. The Balaban J connectivity index is 1.66. The molecular formula is C18H14BrFN2O3. The molecule has 0 atom stereocenters. The molecule has 0 saturated carbocycles. The number of hydrogen-bond donors (Lipinski definition) is 0. The predicted molar refractivity (Wildman–Crippen MR) is 92.3 cm³/mol. The zero-order valence-electron chi connectivity index (χ0n) is 13.3. The highest BCUT2D eigenvalue weighted by molar-refractivity contribution is 9.10. The van der Waals surface area contributed by atoms with Gasteiger partial charge in [-0.1, -0.05) is 36.3 Å². The maximum absolute atomic E-state index is 13.1. The molecule has 0 saturated heterocycles. The minimum Gasteiger partial charge on any atom is -0.452 e. The van der Waals surface area contributed by atoms with E-state index in [1.54, 1.807) is 0 Å². The summed E-state index contributed by atoms with van der Waals surface area (Å²) in [5.41, 5.74) is 2.25. The fourth-order valence-corrected chi connectivity index (χ4v) is 2.69. The molecule has 0 amide bonds. The Labute approximate surface area is 151 Å². The van der Waals surface area contributed by atoms with Gasteiger partial charge in [-0.25, -0.2) is 9.18 Å². The third-order valence-electron chi connectivity index (χ3n) is 3.57. The minimum absolute atomic E-state index is 0.164. The molecule has 0 aliphatic rings. The van der Waals surface area contributed by atoms with Crippen molar-refractivity contribution in [1.82, 2.24) is 10.1 Å². The second-order valence-electron chi connectivity index (χ2n) is 5.26. The Morgan fingerprint density at radius 3 is 2.68 bits per heavy atom. The van der Waals surface area contributed by atoms with Crippen LogP contribution in [0.3, 0.4) is 0 Å². The molecule has 0 bridgehead atoms. The zero-order valence-corrected chi connectivity index (χ0v) is 14.9. The second-order valence-corrected chi connectivity index (χ2v) is 6.12. The number of rotatable bonds is 5. The normalized spacial score (nSPS) is 10.7. The Bertz CT molecular complexity index is 894. The second kappa shape index (κ2) is 7.57. The van der Waals surface area contributed by atoms with Gasteiger partial charge in [-0.05, 0) is 46.1 Å². The molecule has 7 heteroatoms. The molecule has 1 heterocycles. The van der Waals surface area contributed by atoms with Crippen LogP contribution >= 0.6 is 15.9 Å². The van der Waals surface area contributed by atoms with Gasteiger partial charge in [0, 0.05) is 10.0 Å². The molecule has 0 unspecified atom stereocenters. The minimum atomic E-state index is -0.612. The number of ether oxygens (including phenoxy) is 1. The van der Waals surface area contributed by atoms with Crippen molar-refractivity contribution in [1.29, 1.82) is 0 Å². The van der Waals surface area contributed by atoms with Gasteiger partial charge in [-0.3, -0.25) is 0 Å². The summed E-state index contributed by atoms with van der Waals surface area (Å²) in [7, 11) is 0. The summed E-state index contributed by atoms with van der Waals surface area (Å²) in [6, 6.07) is 11.5. The molecule has 0 radical (unpaired) electrons. The maximum atomic E-state index is 13.1. The number of aryl methyl sites for hydroxylation is 1. The molecular weight excluding hydrogens is 391 g/mol. The first-order chi connectivity index (χ1) is 12.1. The quantitative estimate of drug-likeness (QED) is 0.583. The highest BCUT2D eigenvalue weighted by atomic mass is 79.9. The number of halogens is 2. The molecule has 25 heavy (non-hydrogen) atoms. The van der Waals surface area contributed by atoms with Gasteiger partial charge in [-0.2, -0.15) is 4.98 Å². The van der Waals surface area contributed by atoms with E-state index in [2.05, 4.69) is 33.0 Å². The molecule has 5 nitrogen and oxygen atoms in total.